The number of amides is 1. The van der Waals surface area contributed by atoms with Crippen molar-refractivity contribution >= 4 is 12.1 Å². The number of hydrogen-bond donors (Lipinski definition) is 0. The van der Waals surface area contributed by atoms with Gasteiger partial charge in [-0.2, -0.15) is 0 Å². The molecule has 0 unspecified atom stereocenters. The Balaban J connectivity index is 2.93. The van der Waals surface area contributed by atoms with Gasteiger partial charge in [0.25, 0.3) is 0 Å². The molecule has 64 valence electrons. The molecule has 1 aromatic rings. The molecule has 2 nitrogen and oxygen atoms in total. The molecule has 0 bridgehead atoms. The summed E-state index contributed by atoms with van der Waals surface area (Å²) in [6.45, 7) is 2.38. The molecule has 0 aliphatic carbocycles. The molecule has 0 spiro atoms. The molecule has 0 saturated carbocycles. The highest BCUT2D eigenvalue weighted by atomic mass is 19.1. The van der Waals surface area contributed by atoms with Gasteiger partial charge in [-0.25, -0.2) is 4.39 Å². The number of rotatable bonds is 3. The normalized spacial score (nSPS) is 9.50. The smallest absolute Gasteiger partial charge is 0.214 e. The molecule has 12 heavy (non-hydrogen) atoms. The van der Waals surface area contributed by atoms with Gasteiger partial charge in [0, 0.05) is 12.2 Å². The number of hydrogen-bond acceptors (Lipinski definition) is 1. The Bertz CT molecular complexity index is 275. The monoisotopic (exact) mass is 167 g/mol. The lowest BCUT2D eigenvalue weighted by atomic mass is 10.3. The van der Waals surface area contributed by atoms with Crippen molar-refractivity contribution in [2.75, 3.05) is 11.4 Å². The Morgan fingerprint density at radius 3 is 2.83 bits per heavy atom. The number of nitrogens with zero attached hydrogens (tertiary/aromatic N) is 1. The highest BCUT2D eigenvalue weighted by molar-refractivity contribution is 5.74. The van der Waals surface area contributed by atoms with E-state index in [0.717, 1.165) is 0 Å². The highest BCUT2D eigenvalue weighted by Gasteiger charge is 2.01. The van der Waals surface area contributed by atoms with Crippen LogP contribution in [0.3, 0.4) is 0 Å². The van der Waals surface area contributed by atoms with Gasteiger partial charge in [-0.3, -0.25) is 4.79 Å². The Labute approximate surface area is 70.6 Å². The molecule has 1 amide bonds. The second kappa shape index (κ2) is 3.85. The lowest BCUT2D eigenvalue weighted by molar-refractivity contribution is -0.107. The maximum absolute atomic E-state index is 12.7. The van der Waals surface area contributed by atoms with Gasteiger partial charge in [-0.05, 0) is 25.1 Å². The average Bonchev–Trinajstić information content (AvgIpc) is 2.07. The van der Waals surface area contributed by atoms with Crippen molar-refractivity contribution in [2.45, 2.75) is 6.92 Å². The minimum Gasteiger partial charge on any atom is -0.315 e. The molecule has 3 heteroatoms. The Morgan fingerprint density at radius 1 is 1.58 bits per heavy atom. The van der Waals surface area contributed by atoms with E-state index in [9.17, 15) is 9.18 Å². The molecular weight excluding hydrogens is 157 g/mol. The largest absolute Gasteiger partial charge is 0.315 e. The summed E-state index contributed by atoms with van der Waals surface area (Å²) in [6.07, 6.45) is 0.689. The molecule has 0 N–H and O–H groups in total. The van der Waals surface area contributed by atoms with Crippen LogP contribution in [0.1, 0.15) is 6.92 Å². The van der Waals surface area contributed by atoms with Crippen molar-refractivity contribution in [2.24, 2.45) is 0 Å². The summed E-state index contributed by atoms with van der Waals surface area (Å²) >= 11 is 0. The predicted octanol–water partition coefficient (Wildman–Crippen LogP) is 1.81. The van der Waals surface area contributed by atoms with Crippen LogP contribution < -0.4 is 4.90 Å². The lowest BCUT2D eigenvalue weighted by Gasteiger charge is -2.13. The Morgan fingerprint density at radius 2 is 2.33 bits per heavy atom. The summed E-state index contributed by atoms with van der Waals surface area (Å²) in [6, 6.07) is 5.96. The van der Waals surface area contributed by atoms with Crippen molar-refractivity contribution in [3.63, 3.8) is 0 Å². The number of anilines is 1. The van der Waals surface area contributed by atoms with Crippen molar-refractivity contribution in [1.82, 2.24) is 0 Å². The Hall–Kier alpha value is -1.38. The van der Waals surface area contributed by atoms with Gasteiger partial charge in [0.15, 0.2) is 0 Å². The van der Waals surface area contributed by atoms with Crippen LogP contribution in [-0.2, 0) is 4.79 Å². The second-order valence-electron chi connectivity index (χ2n) is 2.37. The topological polar surface area (TPSA) is 20.3 Å². The Kier molecular flexibility index (Phi) is 2.80. The van der Waals surface area contributed by atoms with Crippen molar-refractivity contribution in [3.8, 4) is 0 Å². The first-order chi connectivity index (χ1) is 5.77. The van der Waals surface area contributed by atoms with Crippen molar-refractivity contribution in [3.05, 3.63) is 30.1 Å². The third kappa shape index (κ3) is 1.81. The van der Waals surface area contributed by atoms with E-state index in [1.165, 1.54) is 17.0 Å². The molecule has 0 fully saturated rings. The van der Waals surface area contributed by atoms with Crippen LogP contribution in [0, 0.1) is 5.82 Å². The van der Waals surface area contributed by atoms with Crippen LogP contribution >= 0.6 is 0 Å². The second-order valence-corrected chi connectivity index (χ2v) is 2.37. The number of benzene rings is 1. The zero-order valence-corrected chi connectivity index (χ0v) is 6.83. The zero-order valence-electron chi connectivity index (χ0n) is 6.83. The van der Waals surface area contributed by atoms with Gasteiger partial charge >= 0.3 is 0 Å². The van der Waals surface area contributed by atoms with Crippen LogP contribution in [0.25, 0.3) is 0 Å². The SMILES string of the molecule is CCN(C=O)c1cccc(F)c1. The van der Waals surface area contributed by atoms with Gasteiger partial charge in [0.05, 0.1) is 0 Å². The molecular formula is C9H10FNO. The first-order valence-electron chi connectivity index (χ1n) is 3.75. The van der Waals surface area contributed by atoms with E-state index in [4.69, 9.17) is 0 Å². The quantitative estimate of drug-likeness (QED) is 0.629. The summed E-state index contributed by atoms with van der Waals surface area (Å²) in [4.78, 5) is 11.9. The summed E-state index contributed by atoms with van der Waals surface area (Å²) in [7, 11) is 0. The molecule has 1 aromatic carbocycles. The van der Waals surface area contributed by atoms with Crippen molar-refractivity contribution < 1.29 is 9.18 Å². The molecule has 1 rings (SSSR count). The van der Waals surface area contributed by atoms with E-state index in [1.54, 1.807) is 12.1 Å². The number of carbonyl (C=O) groups excluding carboxylic acids is 1. The maximum atomic E-state index is 12.7. The maximum Gasteiger partial charge on any atom is 0.214 e. The average molecular weight is 167 g/mol. The van der Waals surface area contributed by atoms with Crippen LogP contribution in [0.5, 0.6) is 0 Å². The zero-order chi connectivity index (χ0) is 8.97. The predicted molar refractivity (Wildman–Crippen MR) is 45.5 cm³/mol. The first-order valence-corrected chi connectivity index (χ1v) is 3.75. The van der Waals surface area contributed by atoms with Crippen LogP contribution in [0.4, 0.5) is 10.1 Å². The van der Waals surface area contributed by atoms with E-state index in [1.807, 2.05) is 6.92 Å². The molecule has 0 atom stereocenters. The van der Waals surface area contributed by atoms with Gasteiger partial charge < -0.3 is 4.90 Å². The van der Waals surface area contributed by atoms with Gasteiger partial charge in [0.2, 0.25) is 6.41 Å². The summed E-state index contributed by atoms with van der Waals surface area (Å²) < 4.78 is 12.7. The van der Waals surface area contributed by atoms with Gasteiger partial charge in [-0.15, -0.1) is 0 Å². The number of halogens is 1. The fourth-order valence-electron chi connectivity index (χ4n) is 0.973. The van der Waals surface area contributed by atoms with Crippen LogP contribution in [-0.4, -0.2) is 13.0 Å². The minimum absolute atomic E-state index is 0.326. The summed E-state index contributed by atoms with van der Waals surface area (Å²) in [5, 5.41) is 0. The van der Waals surface area contributed by atoms with Crippen LogP contribution in [0.2, 0.25) is 0 Å². The minimum atomic E-state index is -0.326. The number of carbonyl (C=O) groups is 1. The van der Waals surface area contributed by atoms with Crippen LogP contribution in [0.15, 0.2) is 24.3 Å². The molecule has 0 radical (unpaired) electrons. The molecule has 0 heterocycles. The first kappa shape index (κ1) is 8.71. The lowest BCUT2D eigenvalue weighted by Crippen LogP contribution is -2.19. The third-order valence-electron chi connectivity index (χ3n) is 1.61. The van der Waals surface area contributed by atoms with E-state index in [2.05, 4.69) is 0 Å². The molecule has 0 aliphatic rings. The van der Waals surface area contributed by atoms with Crippen molar-refractivity contribution in [1.29, 1.82) is 0 Å². The highest BCUT2D eigenvalue weighted by Crippen LogP contribution is 2.13. The van der Waals surface area contributed by atoms with Gasteiger partial charge in [-0.1, -0.05) is 6.07 Å². The fraction of sp³-hybridized carbons (Fsp3) is 0.222. The van der Waals surface area contributed by atoms with E-state index < -0.39 is 0 Å². The summed E-state index contributed by atoms with van der Waals surface area (Å²) in [5.74, 6) is -0.326. The molecule has 0 aliphatic heterocycles. The standard InChI is InChI=1S/C9H10FNO/c1-2-11(7-12)9-5-3-4-8(10)6-9/h3-7H,2H2,1H3. The van der Waals surface area contributed by atoms with E-state index in [-0.39, 0.29) is 5.82 Å². The third-order valence-corrected chi connectivity index (χ3v) is 1.61. The van der Waals surface area contributed by atoms with E-state index >= 15 is 0 Å². The summed E-state index contributed by atoms with van der Waals surface area (Å²) in [5.41, 5.74) is 0.590. The molecule has 0 saturated heterocycles. The van der Waals surface area contributed by atoms with Gasteiger partial charge in [0.1, 0.15) is 5.82 Å². The van der Waals surface area contributed by atoms with E-state index in [0.29, 0.717) is 18.6 Å². The molecule has 0 aromatic heterocycles. The fourth-order valence-corrected chi connectivity index (χ4v) is 0.973.